The van der Waals surface area contributed by atoms with Crippen molar-refractivity contribution < 1.29 is 4.79 Å². The first-order valence-electron chi connectivity index (χ1n) is 7.33. The number of aromatic nitrogens is 4. The van der Waals surface area contributed by atoms with Crippen LogP contribution in [-0.4, -0.2) is 37.9 Å². The standard InChI is InChI=1S/C13H17N7OS2/c1-3-4-5-22-13-20-19-12(23-13)18-10-8-9(14-6-15-10)16-7(2)11(21)17-8/h6-7H,3-5H2,1-2H3,(H,17,21)(H2,14,15,16,18,19). The van der Waals surface area contributed by atoms with E-state index in [1.807, 2.05) is 0 Å². The SMILES string of the molecule is CCCCSc1nnc(Nc2ncnc3c2NC(=O)C(C)N3)s1. The van der Waals surface area contributed by atoms with Gasteiger partial charge in [-0.3, -0.25) is 4.79 Å². The first kappa shape index (κ1) is 15.9. The molecule has 3 N–H and O–H groups in total. The number of rotatable bonds is 6. The molecule has 0 spiro atoms. The Morgan fingerprint density at radius 1 is 1.39 bits per heavy atom. The fourth-order valence-corrected chi connectivity index (χ4v) is 3.84. The molecule has 1 amide bonds. The van der Waals surface area contributed by atoms with Gasteiger partial charge in [0, 0.05) is 5.75 Å². The minimum Gasteiger partial charge on any atom is -0.357 e. The summed E-state index contributed by atoms with van der Waals surface area (Å²) in [5.74, 6) is 2.01. The van der Waals surface area contributed by atoms with E-state index < -0.39 is 0 Å². The number of amides is 1. The summed E-state index contributed by atoms with van der Waals surface area (Å²) in [5, 5.41) is 17.8. The van der Waals surface area contributed by atoms with Gasteiger partial charge in [0.05, 0.1) is 0 Å². The normalized spacial score (nSPS) is 16.4. The quantitative estimate of drug-likeness (QED) is 0.539. The molecule has 1 atom stereocenters. The van der Waals surface area contributed by atoms with Gasteiger partial charge in [-0.15, -0.1) is 10.2 Å². The monoisotopic (exact) mass is 351 g/mol. The zero-order valence-electron chi connectivity index (χ0n) is 12.8. The molecular weight excluding hydrogens is 334 g/mol. The molecule has 0 aliphatic carbocycles. The number of unbranched alkanes of at least 4 members (excludes halogenated alkanes) is 1. The molecule has 0 aromatic carbocycles. The lowest BCUT2D eigenvalue weighted by molar-refractivity contribution is -0.116. The van der Waals surface area contributed by atoms with Crippen LogP contribution in [0.4, 0.5) is 22.5 Å². The molecule has 2 aromatic rings. The predicted octanol–water partition coefficient (Wildman–Crippen LogP) is 2.72. The first-order valence-corrected chi connectivity index (χ1v) is 9.13. The van der Waals surface area contributed by atoms with Gasteiger partial charge in [-0.25, -0.2) is 9.97 Å². The van der Waals surface area contributed by atoms with Crippen molar-refractivity contribution in [3.05, 3.63) is 6.33 Å². The van der Waals surface area contributed by atoms with Crippen LogP contribution < -0.4 is 16.0 Å². The largest absolute Gasteiger partial charge is 0.357 e. The minimum absolute atomic E-state index is 0.122. The summed E-state index contributed by atoms with van der Waals surface area (Å²) in [6, 6.07) is -0.326. The Morgan fingerprint density at radius 3 is 3.09 bits per heavy atom. The van der Waals surface area contributed by atoms with Crippen LogP contribution in [0.25, 0.3) is 0 Å². The van der Waals surface area contributed by atoms with E-state index in [0.29, 0.717) is 22.5 Å². The van der Waals surface area contributed by atoms with Gasteiger partial charge in [0.25, 0.3) is 0 Å². The second kappa shape index (κ2) is 7.09. The van der Waals surface area contributed by atoms with Crippen LogP contribution in [0, 0.1) is 0 Å². The molecule has 122 valence electrons. The number of anilines is 4. The summed E-state index contributed by atoms with van der Waals surface area (Å²) in [5.41, 5.74) is 0.533. The number of nitrogens with one attached hydrogen (secondary N) is 3. The molecule has 0 bridgehead atoms. The highest BCUT2D eigenvalue weighted by Gasteiger charge is 2.25. The molecule has 3 heterocycles. The highest BCUT2D eigenvalue weighted by atomic mass is 32.2. The van der Waals surface area contributed by atoms with Crippen LogP contribution in [0.2, 0.25) is 0 Å². The van der Waals surface area contributed by atoms with E-state index in [2.05, 4.69) is 43.0 Å². The van der Waals surface area contributed by atoms with E-state index in [-0.39, 0.29) is 11.9 Å². The molecule has 0 radical (unpaired) electrons. The second-order valence-corrected chi connectivity index (χ2v) is 7.32. The van der Waals surface area contributed by atoms with Crippen molar-refractivity contribution in [2.75, 3.05) is 21.7 Å². The zero-order chi connectivity index (χ0) is 16.2. The highest BCUT2D eigenvalue weighted by Crippen LogP contribution is 2.34. The number of hydrogen-bond donors (Lipinski definition) is 3. The van der Waals surface area contributed by atoms with Gasteiger partial charge in [0.15, 0.2) is 16.0 Å². The molecule has 1 aliphatic rings. The van der Waals surface area contributed by atoms with Crippen LogP contribution >= 0.6 is 23.1 Å². The Kier molecular flexibility index (Phi) is 4.91. The van der Waals surface area contributed by atoms with Crippen molar-refractivity contribution >= 4 is 51.5 Å². The molecule has 0 fully saturated rings. The molecule has 0 saturated carbocycles. The lowest BCUT2D eigenvalue weighted by atomic mass is 10.2. The Bertz CT molecular complexity index is 705. The summed E-state index contributed by atoms with van der Waals surface area (Å²) < 4.78 is 0.916. The number of nitrogens with zero attached hydrogens (tertiary/aromatic N) is 4. The fourth-order valence-electron chi connectivity index (χ4n) is 1.93. The van der Waals surface area contributed by atoms with Gasteiger partial charge < -0.3 is 16.0 Å². The third-order valence-corrected chi connectivity index (χ3v) is 5.26. The fraction of sp³-hybridized carbons (Fsp3) is 0.462. The predicted molar refractivity (Wildman–Crippen MR) is 92.6 cm³/mol. The minimum atomic E-state index is -0.326. The van der Waals surface area contributed by atoms with E-state index in [1.54, 1.807) is 18.7 Å². The van der Waals surface area contributed by atoms with Crippen LogP contribution in [-0.2, 0) is 4.79 Å². The topological polar surface area (TPSA) is 105 Å². The summed E-state index contributed by atoms with van der Waals surface area (Å²) >= 11 is 3.16. The summed E-state index contributed by atoms with van der Waals surface area (Å²) in [7, 11) is 0. The Hall–Kier alpha value is -1.94. The maximum absolute atomic E-state index is 11.8. The average molecular weight is 351 g/mol. The van der Waals surface area contributed by atoms with Gasteiger partial charge in [0.1, 0.15) is 18.1 Å². The van der Waals surface area contributed by atoms with E-state index in [0.717, 1.165) is 22.9 Å². The van der Waals surface area contributed by atoms with Gasteiger partial charge in [-0.2, -0.15) is 0 Å². The Morgan fingerprint density at radius 2 is 2.26 bits per heavy atom. The maximum Gasteiger partial charge on any atom is 0.246 e. The molecular formula is C13H17N7OS2. The molecule has 1 aliphatic heterocycles. The number of hydrogen-bond acceptors (Lipinski definition) is 9. The third-order valence-electron chi connectivity index (χ3n) is 3.20. The van der Waals surface area contributed by atoms with Gasteiger partial charge in [-0.05, 0) is 13.3 Å². The third kappa shape index (κ3) is 3.70. The lowest BCUT2D eigenvalue weighted by Crippen LogP contribution is -2.37. The highest BCUT2D eigenvalue weighted by molar-refractivity contribution is 8.01. The molecule has 3 rings (SSSR count). The van der Waals surface area contributed by atoms with Crippen molar-refractivity contribution in [2.24, 2.45) is 0 Å². The molecule has 8 nitrogen and oxygen atoms in total. The van der Waals surface area contributed by atoms with Crippen molar-refractivity contribution in [1.29, 1.82) is 0 Å². The number of carbonyl (C=O) groups excluding carboxylic acids is 1. The molecule has 2 aromatic heterocycles. The molecule has 0 saturated heterocycles. The van der Waals surface area contributed by atoms with E-state index in [1.165, 1.54) is 17.7 Å². The van der Waals surface area contributed by atoms with Gasteiger partial charge in [0.2, 0.25) is 11.0 Å². The van der Waals surface area contributed by atoms with Gasteiger partial charge >= 0.3 is 0 Å². The number of carbonyl (C=O) groups is 1. The van der Waals surface area contributed by atoms with Gasteiger partial charge in [-0.1, -0.05) is 36.4 Å². The molecule has 23 heavy (non-hydrogen) atoms. The molecule has 1 unspecified atom stereocenters. The van der Waals surface area contributed by atoms with E-state index in [4.69, 9.17) is 0 Å². The van der Waals surface area contributed by atoms with Crippen molar-refractivity contribution in [3.63, 3.8) is 0 Å². The average Bonchev–Trinajstić information content (AvgIpc) is 2.97. The zero-order valence-corrected chi connectivity index (χ0v) is 14.4. The summed E-state index contributed by atoms with van der Waals surface area (Å²) in [6.45, 7) is 3.94. The lowest BCUT2D eigenvalue weighted by Gasteiger charge is -2.24. The maximum atomic E-state index is 11.8. The smallest absolute Gasteiger partial charge is 0.246 e. The van der Waals surface area contributed by atoms with Crippen LogP contribution in [0.1, 0.15) is 26.7 Å². The molecule has 10 heteroatoms. The number of thioether (sulfide) groups is 1. The summed E-state index contributed by atoms with van der Waals surface area (Å²) in [4.78, 5) is 20.2. The summed E-state index contributed by atoms with van der Waals surface area (Å²) in [6.07, 6.45) is 3.76. The number of fused-ring (bicyclic) bond motifs is 1. The van der Waals surface area contributed by atoms with Crippen molar-refractivity contribution in [1.82, 2.24) is 20.2 Å². The van der Waals surface area contributed by atoms with Crippen molar-refractivity contribution in [2.45, 2.75) is 37.1 Å². The Labute approximate surface area is 141 Å². The van der Waals surface area contributed by atoms with Crippen molar-refractivity contribution in [3.8, 4) is 0 Å². The van der Waals surface area contributed by atoms with E-state index >= 15 is 0 Å². The second-order valence-electron chi connectivity index (χ2n) is 5.00. The Balaban J connectivity index is 1.74. The van der Waals surface area contributed by atoms with E-state index in [9.17, 15) is 4.79 Å². The van der Waals surface area contributed by atoms with Crippen LogP contribution in [0.3, 0.4) is 0 Å². The van der Waals surface area contributed by atoms with Crippen LogP contribution in [0.5, 0.6) is 0 Å². The van der Waals surface area contributed by atoms with Crippen LogP contribution in [0.15, 0.2) is 10.7 Å². The first-order chi connectivity index (χ1) is 11.2.